The molecule has 0 aromatic rings. The number of hydrogen-bond donors (Lipinski definition) is 2. The first-order valence-corrected chi connectivity index (χ1v) is 7.93. The number of amides is 2. The standard InChI is InChI=1S/C7H13NO4S.C6H9NO/c1-4-6(9)8-7(2,3)5-13(10,11)12;1-2-7-5-3-4-6(7)8/h4H,1,5H2,2-3H3,(H,8,9)(H,10,11,12);2H,1,3-5H2. The molecule has 1 aliphatic rings. The Morgan fingerprint density at radius 1 is 1.48 bits per heavy atom. The molecule has 0 unspecified atom stereocenters. The monoisotopic (exact) mass is 318 g/mol. The Hall–Kier alpha value is -1.67. The van der Waals surface area contributed by atoms with E-state index >= 15 is 0 Å². The van der Waals surface area contributed by atoms with Crippen LogP contribution in [0.1, 0.15) is 26.7 Å². The summed E-state index contributed by atoms with van der Waals surface area (Å²) < 4.78 is 29.5. The zero-order valence-electron chi connectivity index (χ0n) is 12.3. The second-order valence-electron chi connectivity index (χ2n) is 5.18. The van der Waals surface area contributed by atoms with Gasteiger partial charge in [0.05, 0.1) is 11.3 Å². The molecule has 0 aromatic carbocycles. The molecule has 0 aliphatic carbocycles. The van der Waals surface area contributed by atoms with Crippen molar-refractivity contribution in [2.75, 3.05) is 12.3 Å². The normalized spacial score (nSPS) is 15.0. The SMILES string of the molecule is C=CC(=O)NC(C)(C)CS(=O)(=O)O.C=CN1CCCC1=O. The fourth-order valence-corrected chi connectivity index (χ4v) is 2.72. The van der Waals surface area contributed by atoms with Crippen LogP contribution in [0.25, 0.3) is 0 Å². The average Bonchev–Trinajstić information content (AvgIpc) is 2.71. The number of likely N-dealkylation sites (tertiary alicyclic amines) is 1. The highest BCUT2D eigenvalue weighted by molar-refractivity contribution is 7.85. The third-order valence-corrected chi connectivity index (χ3v) is 3.61. The highest BCUT2D eigenvalue weighted by Crippen LogP contribution is 2.08. The lowest BCUT2D eigenvalue weighted by Gasteiger charge is -2.23. The van der Waals surface area contributed by atoms with Crippen LogP contribution >= 0.6 is 0 Å². The van der Waals surface area contributed by atoms with E-state index in [0.29, 0.717) is 6.42 Å². The molecule has 1 aliphatic heterocycles. The van der Waals surface area contributed by atoms with E-state index in [9.17, 15) is 18.0 Å². The van der Waals surface area contributed by atoms with Crippen LogP contribution < -0.4 is 5.32 Å². The maximum Gasteiger partial charge on any atom is 0.267 e. The molecule has 2 N–H and O–H groups in total. The minimum Gasteiger partial charge on any atom is -0.347 e. The van der Waals surface area contributed by atoms with Gasteiger partial charge in [-0.3, -0.25) is 14.1 Å². The van der Waals surface area contributed by atoms with Gasteiger partial charge in [-0.2, -0.15) is 8.42 Å². The van der Waals surface area contributed by atoms with E-state index in [-0.39, 0.29) is 5.91 Å². The van der Waals surface area contributed by atoms with Crippen molar-refractivity contribution in [3.63, 3.8) is 0 Å². The zero-order valence-corrected chi connectivity index (χ0v) is 13.1. The Balaban J connectivity index is 0.000000423. The summed E-state index contributed by atoms with van der Waals surface area (Å²) in [4.78, 5) is 23.1. The van der Waals surface area contributed by atoms with Gasteiger partial charge in [0.15, 0.2) is 0 Å². The molecule has 0 radical (unpaired) electrons. The summed E-state index contributed by atoms with van der Waals surface area (Å²) >= 11 is 0. The van der Waals surface area contributed by atoms with Crippen molar-refractivity contribution in [3.8, 4) is 0 Å². The first-order valence-electron chi connectivity index (χ1n) is 6.32. The molecular weight excluding hydrogens is 296 g/mol. The van der Waals surface area contributed by atoms with Crippen molar-refractivity contribution in [3.05, 3.63) is 25.4 Å². The van der Waals surface area contributed by atoms with Gasteiger partial charge < -0.3 is 10.2 Å². The summed E-state index contributed by atoms with van der Waals surface area (Å²) in [5.41, 5.74) is -1.00. The maximum absolute atomic E-state index is 10.8. The Labute approximate surface area is 125 Å². The van der Waals surface area contributed by atoms with Gasteiger partial charge in [0.1, 0.15) is 0 Å². The predicted octanol–water partition coefficient (Wildman–Crippen LogP) is 0.707. The van der Waals surface area contributed by atoms with Crippen LogP contribution in [0, 0.1) is 0 Å². The number of carbonyl (C=O) groups excluding carboxylic acids is 2. The van der Waals surface area contributed by atoms with Gasteiger partial charge in [-0.15, -0.1) is 0 Å². The molecular formula is C13H22N2O5S. The molecule has 1 heterocycles. The quantitative estimate of drug-likeness (QED) is 0.574. The topological polar surface area (TPSA) is 104 Å². The van der Waals surface area contributed by atoms with Crippen LogP contribution in [0.5, 0.6) is 0 Å². The van der Waals surface area contributed by atoms with Crippen molar-refractivity contribution in [1.82, 2.24) is 10.2 Å². The fourth-order valence-electron chi connectivity index (χ4n) is 1.74. The lowest BCUT2D eigenvalue weighted by molar-refractivity contribution is -0.125. The van der Waals surface area contributed by atoms with E-state index in [1.165, 1.54) is 13.8 Å². The van der Waals surface area contributed by atoms with Crippen molar-refractivity contribution >= 4 is 21.9 Å². The van der Waals surface area contributed by atoms with Gasteiger partial charge in [0.25, 0.3) is 10.1 Å². The summed E-state index contributed by atoms with van der Waals surface area (Å²) in [6.07, 6.45) is 4.32. The maximum atomic E-state index is 10.8. The molecule has 8 heteroatoms. The third-order valence-electron chi connectivity index (χ3n) is 2.52. The number of carbonyl (C=O) groups is 2. The fraction of sp³-hybridized carbons (Fsp3) is 0.538. The first kappa shape index (κ1) is 19.3. The van der Waals surface area contributed by atoms with E-state index in [2.05, 4.69) is 18.5 Å². The highest BCUT2D eigenvalue weighted by atomic mass is 32.2. The summed E-state index contributed by atoms with van der Waals surface area (Å²) in [6, 6.07) is 0. The first-order chi connectivity index (χ1) is 9.50. The zero-order chi connectivity index (χ0) is 16.7. The third kappa shape index (κ3) is 8.98. The van der Waals surface area contributed by atoms with Crippen LogP contribution in [0.4, 0.5) is 0 Å². The van der Waals surface area contributed by atoms with Crippen LogP contribution in [-0.2, 0) is 19.7 Å². The van der Waals surface area contributed by atoms with Crippen molar-refractivity contribution in [2.45, 2.75) is 32.2 Å². The average molecular weight is 318 g/mol. The Kier molecular flexibility index (Phi) is 7.31. The molecule has 0 bridgehead atoms. The number of hydrogen-bond acceptors (Lipinski definition) is 4. The molecule has 21 heavy (non-hydrogen) atoms. The highest BCUT2D eigenvalue weighted by Gasteiger charge is 2.25. The predicted molar refractivity (Wildman–Crippen MR) is 80.0 cm³/mol. The lowest BCUT2D eigenvalue weighted by atomic mass is 10.1. The van der Waals surface area contributed by atoms with E-state index < -0.39 is 27.3 Å². The Morgan fingerprint density at radius 3 is 2.33 bits per heavy atom. The molecule has 0 spiro atoms. The van der Waals surface area contributed by atoms with Crippen molar-refractivity contribution in [2.24, 2.45) is 0 Å². The smallest absolute Gasteiger partial charge is 0.267 e. The van der Waals surface area contributed by atoms with E-state index in [4.69, 9.17) is 4.55 Å². The van der Waals surface area contributed by atoms with Gasteiger partial charge in [-0.25, -0.2) is 0 Å². The number of rotatable bonds is 5. The molecule has 1 saturated heterocycles. The minimum absolute atomic E-state index is 0.208. The largest absolute Gasteiger partial charge is 0.347 e. The number of nitrogens with zero attached hydrogens (tertiary/aromatic N) is 1. The molecule has 1 fully saturated rings. The molecule has 120 valence electrons. The van der Waals surface area contributed by atoms with E-state index in [0.717, 1.165) is 19.0 Å². The Bertz CT molecular complexity index is 511. The van der Waals surface area contributed by atoms with Gasteiger partial charge in [0.2, 0.25) is 11.8 Å². The lowest BCUT2D eigenvalue weighted by Crippen LogP contribution is -2.47. The van der Waals surface area contributed by atoms with Gasteiger partial charge in [-0.1, -0.05) is 13.2 Å². The second-order valence-corrected chi connectivity index (χ2v) is 6.63. The van der Waals surface area contributed by atoms with Crippen molar-refractivity contribution < 1.29 is 22.6 Å². The van der Waals surface area contributed by atoms with Crippen LogP contribution in [-0.4, -0.2) is 47.5 Å². The van der Waals surface area contributed by atoms with Crippen molar-refractivity contribution in [1.29, 1.82) is 0 Å². The van der Waals surface area contributed by atoms with Crippen LogP contribution in [0.3, 0.4) is 0 Å². The van der Waals surface area contributed by atoms with Gasteiger partial charge >= 0.3 is 0 Å². The van der Waals surface area contributed by atoms with Crippen LogP contribution in [0.2, 0.25) is 0 Å². The van der Waals surface area contributed by atoms with Gasteiger partial charge in [0, 0.05) is 13.0 Å². The second kappa shape index (κ2) is 7.94. The molecule has 0 atom stereocenters. The summed E-state index contributed by atoms with van der Waals surface area (Å²) in [6.45, 7) is 10.6. The van der Waals surface area contributed by atoms with E-state index in [1.54, 1.807) is 11.1 Å². The summed E-state index contributed by atoms with van der Waals surface area (Å²) in [7, 11) is -4.08. The molecule has 0 aromatic heterocycles. The molecule has 1 rings (SSSR count). The molecule has 0 saturated carbocycles. The number of nitrogens with one attached hydrogen (secondary N) is 1. The molecule has 2 amide bonds. The van der Waals surface area contributed by atoms with Gasteiger partial charge in [-0.05, 0) is 32.5 Å². The molecule has 7 nitrogen and oxygen atoms in total. The van der Waals surface area contributed by atoms with Crippen LogP contribution in [0.15, 0.2) is 25.4 Å². The Morgan fingerprint density at radius 2 is 2.05 bits per heavy atom. The van der Waals surface area contributed by atoms with E-state index in [1.807, 2.05) is 0 Å². The summed E-state index contributed by atoms with van der Waals surface area (Å²) in [5, 5.41) is 2.37. The summed E-state index contributed by atoms with van der Waals surface area (Å²) in [5.74, 6) is -0.798. The minimum atomic E-state index is -4.08.